The summed E-state index contributed by atoms with van der Waals surface area (Å²) in [6, 6.07) is 0. The van der Waals surface area contributed by atoms with Crippen molar-refractivity contribution in [3.63, 3.8) is 0 Å². The van der Waals surface area contributed by atoms with Crippen molar-refractivity contribution < 1.29 is 0 Å². The van der Waals surface area contributed by atoms with Gasteiger partial charge in [-0.2, -0.15) is 0 Å². The molecule has 1 aliphatic carbocycles. The largest absolute Gasteiger partial charge is 0.146 e. The zero-order valence-corrected chi connectivity index (χ0v) is 9.26. The van der Waals surface area contributed by atoms with Crippen LogP contribution in [0.3, 0.4) is 0 Å². The van der Waals surface area contributed by atoms with Crippen LogP contribution >= 0.6 is 23.5 Å². The van der Waals surface area contributed by atoms with Crippen LogP contribution < -0.4 is 0 Å². The number of hydrogen-bond donors (Lipinski definition) is 0. The van der Waals surface area contributed by atoms with Crippen molar-refractivity contribution in [3.8, 4) is 0 Å². The zero-order valence-electron chi connectivity index (χ0n) is 7.63. The van der Waals surface area contributed by atoms with Crippen LogP contribution in [-0.2, 0) is 0 Å². The fourth-order valence-electron chi connectivity index (χ4n) is 2.23. The van der Waals surface area contributed by atoms with Crippen molar-refractivity contribution in [2.24, 2.45) is 5.92 Å². The van der Waals surface area contributed by atoms with Crippen molar-refractivity contribution in [1.29, 1.82) is 0 Å². The van der Waals surface area contributed by atoms with Gasteiger partial charge in [-0.25, -0.2) is 0 Å². The summed E-state index contributed by atoms with van der Waals surface area (Å²) in [6.07, 6.45) is 9.04. The summed E-state index contributed by atoms with van der Waals surface area (Å²) in [7, 11) is 0. The molecule has 1 saturated carbocycles. The molecule has 0 unspecified atom stereocenters. The van der Waals surface area contributed by atoms with Crippen LogP contribution in [0.1, 0.15) is 38.5 Å². The van der Waals surface area contributed by atoms with E-state index in [1.807, 2.05) is 0 Å². The number of hydrogen-bond acceptors (Lipinski definition) is 2. The lowest BCUT2D eigenvalue weighted by molar-refractivity contribution is 0.498. The Kier molecular flexibility index (Phi) is 3.71. The third-order valence-electron chi connectivity index (χ3n) is 2.93. The second kappa shape index (κ2) is 4.80. The van der Waals surface area contributed by atoms with Gasteiger partial charge in [0.1, 0.15) is 0 Å². The van der Waals surface area contributed by atoms with E-state index in [0.29, 0.717) is 0 Å². The van der Waals surface area contributed by atoms with Crippen molar-refractivity contribution in [2.45, 2.75) is 43.1 Å². The Morgan fingerprint density at radius 1 is 0.750 bits per heavy atom. The Hall–Kier alpha value is 0.700. The minimum atomic E-state index is 0.975. The normalized spacial score (nSPS) is 29.0. The van der Waals surface area contributed by atoms with Gasteiger partial charge in [0, 0.05) is 11.5 Å². The fraction of sp³-hybridized carbons (Fsp3) is 1.00. The van der Waals surface area contributed by atoms with E-state index in [2.05, 4.69) is 23.5 Å². The van der Waals surface area contributed by atoms with Crippen LogP contribution in [0.5, 0.6) is 0 Å². The van der Waals surface area contributed by atoms with Gasteiger partial charge in [-0.3, -0.25) is 0 Å². The van der Waals surface area contributed by atoms with E-state index in [-0.39, 0.29) is 0 Å². The second-order valence-electron chi connectivity index (χ2n) is 3.86. The lowest BCUT2D eigenvalue weighted by atomic mass is 10.0. The highest BCUT2D eigenvalue weighted by Crippen LogP contribution is 2.42. The van der Waals surface area contributed by atoms with E-state index in [4.69, 9.17) is 0 Å². The van der Waals surface area contributed by atoms with E-state index in [1.54, 1.807) is 0 Å². The summed E-state index contributed by atoms with van der Waals surface area (Å²) >= 11 is 4.44. The zero-order chi connectivity index (χ0) is 8.23. The van der Waals surface area contributed by atoms with Gasteiger partial charge in [0.05, 0.1) is 4.58 Å². The topological polar surface area (TPSA) is 0 Å². The van der Waals surface area contributed by atoms with Crippen LogP contribution in [0, 0.1) is 5.92 Å². The molecule has 2 aliphatic rings. The molecule has 0 bridgehead atoms. The van der Waals surface area contributed by atoms with Crippen LogP contribution in [0.2, 0.25) is 0 Å². The Labute approximate surface area is 84.3 Å². The summed E-state index contributed by atoms with van der Waals surface area (Å²) < 4.78 is 0.975. The molecule has 0 aromatic heterocycles. The fourth-order valence-corrected chi connectivity index (χ4v) is 5.52. The lowest BCUT2D eigenvalue weighted by Gasteiger charge is -2.19. The molecular formula is C10H18S2. The first kappa shape index (κ1) is 9.26. The van der Waals surface area contributed by atoms with Gasteiger partial charge < -0.3 is 0 Å². The van der Waals surface area contributed by atoms with E-state index in [1.165, 1.54) is 50.0 Å². The molecule has 0 amide bonds. The average molecular weight is 202 g/mol. The maximum absolute atomic E-state index is 2.22. The van der Waals surface area contributed by atoms with Gasteiger partial charge in [-0.05, 0) is 18.8 Å². The van der Waals surface area contributed by atoms with Crippen molar-refractivity contribution in [2.75, 3.05) is 11.5 Å². The predicted octanol–water partition coefficient (Wildman–Crippen LogP) is 3.76. The Morgan fingerprint density at radius 2 is 1.33 bits per heavy atom. The van der Waals surface area contributed by atoms with Crippen LogP contribution in [-0.4, -0.2) is 16.1 Å². The molecule has 2 fully saturated rings. The molecule has 1 heterocycles. The molecule has 0 N–H and O–H groups in total. The highest BCUT2D eigenvalue weighted by molar-refractivity contribution is 8.20. The molecule has 0 radical (unpaired) electrons. The van der Waals surface area contributed by atoms with Gasteiger partial charge >= 0.3 is 0 Å². The Balaban J connectivity index is 1.83. The van der Waals surface area contributed by atoms with Gasteiger partial charge in [0.25, 0.3) is 0 Å². The van der Waals surface area contributed by atoms with E-state index < -0.39 is 0 Å². The summed E-state index contributed by atoms with van der Waals surface area (Å²) in [5.74, 6) is 3.88. The lowest BCUT2D eigenvalue weighted by Crippen LogP contribution is -2.10. The molecule has 2 rings (SSSR count). The standard InChI is InChI=1S/C10H18S2/c1-2-4-6-9(5-3-1)10-11-7-8-12-10/h9-10H,1-8H2. The molecule has 0 aromatic carbocycles. The average Bonchev–Trinajstić information content (AvgIpc) is 2.48. The SMILES string of the molecule is C1CCCC(C2SCCS2)CC1. The Morgan fingerprint density at radius 3 is 1.92 bits per heavy atom. The van der Waals surface area contributed by atoms with Gasteiger partial charge in [0.2, 0.25) is 0 Å². The Bertz CT molecular complexity index is 122. The van der Waals surface area contributed by atoms with Gasteiger partial charge in [-0.1, -0.05) is 25.7 Å². The molecular weight excluding hydrogens is 184 g/mol. The summed E-state index contributed by atoms with van der Waals surface area (Å²) in [5, 5.41) is 0. The quantitative estimate of drug-likeness (QED) is 0.594. The second-order valence-corrected chi connectivity index (χ2v) is 6.66. The maximum atomic E-state index is 2.22. The summed E-state index contributed by atoms with van der Waals surface area (Å²) in [6.45, 7) is 0. The molecule has 0 spiro atoms. The molecule has 0 atom stereocenters. The molecule has 70 valence electrons. The molecule has 2 heteroatoms. The smallest absolute Gasteiger partial charge is 0.0531 e. The minimum absolute atomic E-state index is 0.975. The monoisotopic (exact) mass is 202 g/mol. The highest BCUT2D eigenvalue weighted by atomic mass is 32.2. The van der Waals surface area contributed by atoms with Gasteiger partial charge in [-0.15, -0.1) is 23.5 Å². The first-order chi connectivity index (χ1) is 5.97. The summed E-state index contributed by atoms with van der Waals surface area (Å²) in [5.41, 5.74) is 0. The van der Waals surface area contributed by atoms with E-state index in [0.717, 1.165) is 10.5 Å². The van der Waals surface area contributed by atoms with Crippen molar-refractivity contribution >= 4 is 23.5 Å². The van der Waals surface area contributed by atoms with Crippen LogP contribution in [0.15, 0.2) is 0 Å². The van der Waals surface area contributed by atoms with E-state index in [9.17, 15) is 0 Å². The van der Waals surface area contributed by atoms with Crippen LogP contribution in [0.4, 0.5) is 0 Å². The van der Waals surface area contributed by atoms with E-state index >= 15 is 0 Å². The first-order valence-corrected chi connectivity index (χ1v) is 7.30. The third kappa shape index (κ3) is 2.35. The van der Waals surface area contributed by atoms with Crippen molar-refractivity contribution in [3.05, 3.63) is 0 Å². The van der Waals surface area contributed by atoms with Crippen molar-refractivity contribution in [1.82, 2.24) is 0 Å². The number of rotatable bonds is 1. The molecule has 1 aliphatic heterocycles. The summed E-state index contributed by atoms with van der Waals surface area (Å²) in [4.78, 5) is 0. The molecule has 12 heavy (non-hydrogen) atoms. The minimum Gasteiger partial charge on any atom is -0.146 e. The highest BCUT2D eigenvalue weighted by Gasteiger charge is 2.26. The predicted molar refractivity (Wildman–Crippen MR) is 59.9 cm³/mol. The molecule has 1 saturated heterocycles. The molecule has 0 aromatic rings. The van der Waals surface area contributed by atoms with Gasteiger partial charge in [0.15, 0.2) is 0 Å². The van der Waals surface area contributed by atoms with Crippen LogP contribution in [0.25, 0.3) is 0 Å². The molecule has 0 nitrogen and oxygen atoms in total. The third-order valence-corrected chi connectivity index (χ3v) is 6.31. The number of thioether (sulfide) groups is 2. The maximum Gasteiger partial charge on any atom is 0.0531 e. The first-order valence-electron chi connectivity index (χ1n) is 5.20.